The van der Waals surface area contributed by atoms with E-state index in [-0.39, 0.29) is 0 Å². The lowest BCUT2D eigenvalue weighted by atomic mass is 9.89. The van der Waals surface area contributed by atoms with Crippen molar-refractivity contribution in [1.82, 2.24) is 0 Å². The van der Waals surface area contributed by atoms with Crippen LogP contribution >= 0.6 is 0 Å². The lowest BCUT2D eigenvalue weighted by molar-refractivity contribution is 0.402. The fraction of sp³-hybridized carbons (Fsp3) is 0.636. The zero-order valence-corrected chi connectivity index (χ0v) is 15.1. The first kappa shape index (κ1) is 17.3. The van der Waals surface area contributed by atoms with Crippen LogP contribution in [0.5, 0.6) is 0 Å². The third-order valence-electron chi connectivity index (χ3n) is 5.42. The van der Waals surface area contributed by atoms with Crippen molar-refractivity contribution in [1.29, 1.82) is 0 Å². The van der Waals surface area contributed by atoms with Crippen molar-refractivity contribution < 1.29 is 0 Å². The Morgan fingerprint density at radius 2 is 1.91 bits per heavy atom. The van der Waals surface area contributed by atoms with E-state index in [4.69, 9.17) is 0 Å². The smallest absolute Gasteiger partial charge is 0.0195 e. The van der Waals surface area contributed by atoms with Gasteiger partial charge >= 0.3 is 0 Å². The van der Waals surface area contributed by atoms with Crippen molar-refractivity contribution in [2.75, 3.05) is 0 Å². The van der Waals surface area contributed by atoms with Gasteiger partial charge in [0.1, 0.15) is 0 Å². The topological polar surface area (TPSA) is 0 Å². The van der Waals surface area contributed by atoms with Gasteiger partial charge in [-0.2, -0.15) is 0 Å². The van der Waals surface area contributed by atoms with Gasteiger partial charge in [0.25, 0.3) is 0 Å². The van der Waals surface area contributed by atoms with E-state index < -0.39 is 0 Å². The van der Waals surface area contributed by atoms with E-state index in [9.17, 15) is 0 Å². The Bertz CT molecular complexity index is 562. The fourth-order valence-electron chi connectivity index (χ4n) is 3.81. The SMILES string of the molecule is CCC(CC)CCCC(C)Cc1cccc2c1=CCC(C)C=2. The van der Waals surface area contributed by atoms with E-state index >= 15 is 0 Å². The third-order valence-corrected chi connectivity index (χ3v) is 5.42. The molecule has 2 atom stereocenters. The molecule has 0 amide bonds. The Morgan fingerprint density at radius 1 is 1.14 bits per heavy atom. The van der Waals surface area contributed by atoms with Gasteiger partial charge in [0, 0.05) is 0 Å². The summed E-state index contributed by atoms with van der Waals surface area (Å²) in [5.41, 5.74) is 1.57. The monoisotopic (exact) mass is 298 g/mol. The number of rotatable bonds is 8. The molecule has 0 saturated carbocycles. The molecule has 2 rings (SSSR count). The van der Waals surface area contributed by atoms with Crippen LogP contribution in [0.2, 0.25) is 0 Å². The minimum absolute atomic E-state index is 0.695. The summed E-state index contributed by atoms with van der Waals surface area (Å²) in [7, 11) is 0. The standard InChI is InChI=1S/C22H34/c1-5-19(6-2)10-7-9-17(3)15-20-11-8-12-21-16-18(4)13-14-22(20)21/h8,11-12,14,16-19H,5-7,9-10,13,15H2,1-4H3. The summed E-state index contributed by atoms with van der Waals surface area (Å²) in [5.74, 6) is 2.44. The van der Waals surface area contributed by atoms with Crippen LogP contribution in [-0.2, 0) is 6.42 Å². The second-order valence-corrected chi connectivity index (χ2v) is 7.43. The zero-order valence-electron chi connectivity index (χ0n) is 15.1. The maximum Gasteiger partial charge on any atom is -0.0195 e. The summed E-state index contributed by atoms with van der Waals surface area (Å²) in [5, 5.41) is 2.98. The molecule has 1 aromatic carbocycles. The van der Waals surface area contributed by atoms with Crippen LogP contribution in [0.4, 0.5) is 0 Å². The molecular formula is C22H34. The summed E-state index contributed by atoms with van der Waals surface area (Å²) in [4.78, 5) is 0. The molecule has 1 aromatic rings. The van der Waals surface area contributed by atoms with Crippen LogP contribution in [0.1, 0.15) is 71.8 Å². The highest BCUT2D eigenvalue weighted by atomic mass is 14.1. The molecule has 1 aliphatic rings. The summed E-state index contributed by atoms with van der Waals surface area (Å²) in [6, 6.07) is 6.87. The molecule has 0 heteroatoms. The molecule has 0 saturated heterocycles. The molecule has 1 aliphatic carbocycles. The van der Waals surface area contributed by atoms with Crippen molar-refractivity contribution >= 4 is 12.2 Å². The maximum atomic E-state index is 2.46. The molecular weight excluding hydrogens is 264 g/mol. The molecule has 0 aliphatic heterocycles. The highest BCUT2D eigenvalue weighted by Gasteiger charge is 2.10. The van der Waals surface area contributed by atoms with E-state index in [1.807, 2.05) is 0 Å². The molecule has 22 heavy (non-hydrogen) atoms. The Labute approximate surface area is 137 Å². The van der Waals surface area contributed by atoms with E-state index in [2.05, 4.69) is 58.0 Å². The van der Waals surface area contributed by atoms with Crippen molar-refractivity contribution in [2.24, 2.45) is 17.8 Å². The van der Waals surface area contributed by atoms with Gasteiger partial charge in [-0.25, -0.2) is 0 Å². The second kappa shape index (κ2) is 8.56. The number of hydrogen-bond donors (Lipinski definition) is 0. The molecule has 2 unspecified atom stereocenters. The quantitative estimate of drug-likeness (QED) is 0.628. The van der Waals surface area contributed by atoms with E-state index in [0.29, 0.717) is 5.92 Å². The van der Waals surface area contributed by atoms with Gasteiger partial charge in [-0.15, -0.1) is 0 Å². The minimum atomic E-state index is 0.695. The predicted molar refractivity (Wildman–Crippen MR) is 99.2 cm³/mol. The Hall–Kier alpha value is -1.04. The maximum absolute atomic E-state index is 2.46. The zero-order chi connectivity index (χ0) is 15.9. The minimum Gasteiger partial charge on any atom is -0.0758 e. The van der Waals surface area contributed by atoms with Crippen LogP contribution in [0.3, 0.4) is 0 Å². The summed E-state index contributed by atoms with van der Waals surface area (Å²) in [6.45, 7) is 9.41. The Balaban J connectivity index is 1.95. The third kappa shape index (κ3) is 4.73. The molecule has 0 spiro atoms. The van der Waals surface area contributed by atoms with Gasteiger partial charge in [-0.3, -0.25) is 0 Å². The second-order valence-electron chi connectivity index (χ2n) is 7.43. The Morgan fingerprint density at radius 3 is 2.64 bits per heavy atom. The average Bonchev–Trinajstić information content (AvgIpc) is 2.51. The van der Waals surface area contributed by atoms with Crippen molar-refractivity contribution in [3.63, 3.8) is 0 Å². The molecule has 0 radical (unpaired) electrons. The molecule has 0 N–H and O–H groups in total. The number of hydrogen-bond acceptors (Lipinski definition) is 0. The molecule has 0 fully saturated rings. The first-order valence-corrected chi connectivity index (χ1v) is 9.43. The lowest BCUT2D eigenvalue weighted by Gasteiger charge is -2.16. The van der Waals surface area contributed by atoms with Gasteiger partial charge in [-0.05, 0) is 46.6 Å². The first-order chi connectivity index (χ1) is 10.6. The van der Waals surface area contributed by atoms with Crippen LogP contribution in [-0.4, -0.2) is 0 Å². The predicted octanol–water partition coefficient (Wildman–Crippen LogP) is 5.07. The number of fused-ring (bicyclic) bond motifs is 1. The van der Waals surface area contributed by atoms with Gasteiger partial charge in [-0.1, -0.05) is 90.2 Å². The molecule has 122 valence electrons. The van der Waals surface area contributed by atoms with Crippen LogP contribution in [0.25, 0.3) is 12.2 Å². The number of benzene rings is 1. The van der Waals surface area contributed by atoms with Crippen molar-refractivity contribution in [3.8, 4) is 0 Å². The van der Waals surface area contributed by atoms with Gasteiger partial charge < -0.3 is 0 Å². The van der Waals surface area contributed by atoms with E-state index in [1.54, 1.807) is 5.56 Å². The highest BCUT2D eigenvalue weighted by Crippen LogP contribution is 2.20. The van der Waals surface area contributed by atoms with Crippen LogP contribution < -0.4 is 10.4 Å². The molecule has 0 heterocycles. The summed E-state index contributed by atoms with van der Waals surface area (Å²) in [6.07, 6.45) is 14.2. The summed E-state index contributed by atoms with van der Waals surface area (Å²) < 4.78 is 0. The van der Waals surface area contributed by atoms with Gasteiger partial charge in [0.2, 0.25) is 0 Å². The van der Waals surface area contributed by atoms with Crippen molar-refractivity contribution in [3.05, 3.63) is 34.2 Å². The lowest BCUT2D eigenvalue weighted by Crippen LogP contribution is -2.32. The van der Waals surface area contributed by atoms with Crippen LogP contribution in [0.15, 0.2) is 18.2 Å². The normalized spacial score (nSPS) is 18.5. The Kier molecular flexibility index (Phi) is 6.73. The van der Waals surface area contributed by atoms with E-state index in [1.165, 1.54) is 55.4 Å². The largest absolute Gasteiger partial charge is 0.0758 e. The highest BCUT2D eigenvalue weighted by molar-refractivity contribution is 5.43. The van der Waals surface area contributed by atoms with Gasteiger partial charge in [0.15, 0.2) is 0 Å². The summed E-state index contributed by atoms with van der Waals surface area (Å²) >= 11 is 0. The van der Waals surface area contributed by atoms with E-state index in [0.717, 1.165) is 11.8 Å². The van der Waals surface area contributed by atoms with Gasteiger partial charge in [0.05, 0.1) is 0 Å². The first-order valence-electron chi connectivity index (χ1n) is 9.43. The van der Waals surface area contributed by atoms with Crippen molar-refractivity contribution in [2.45, 2.75) is 72.6 Å². The van der Waals surface area contributed by atoms with Crippen LogP contribution in [0, 0.1) is 17.8 Å². The fourth-order valence-corrected chi connectivity index (χ4v) is 3.81. The molecule has 0 aromatic heterocycles. The molecule has 0 bridgehead atoms. The molecule has 0 nitrogen and oxygen atoms in total. The average molecular weight is 299 g/mol.